The molecule has 2 aromatic heterocycles. The summed E-state index contributed by atoms with van der Waals surface area (Å²) in [5.74, 6) is 0.718. The number of aromatic nitrogens is 2. The first-order valence-corrected chi connectivity index (χ1v) is 14.1. The molecule has 1 fully saturated rings. The first kappa shape index (κ1) is 29.3. The highest BCUT2D eigenvalue weighted by Gasteiger charge is 2.28. The number of halogens is 1. The van der Waals surface area contributed by atoms with Crippen LogP contribution in [0.25, 0.3) is 0 Å². The summed E-state index contributed by atoms with van der Waals surface area (Å²) in [5.41, 5.74) is 4.51. The van der Waals surface area contributed by atoms with Crippen LogP contribution in [0, 0.1) is 25.2 Å². The van der Waals surface area contributed by atoms with E-state index in [0.29, 0.717) is 47.3 Å². The molecule has 1 aliphatic rings. The summed E-state index contributed by atoms with van der Waals surface area (Å²) in [4.78, 5) is 26.5. The van der Waals surface area contributed by atoms with Crippen LogP contribution in [0.5, 0.6) is 5.75 Å². The third kappa shape index (κ3) is 7.29. The lowest BCUT2D eigenvalue weighted by Gasteiger charge is -2.41. The molecule has 1 aliphatic heterocycles. The molecule has 0 radical (unpaired) electrons. The number of rotatable bonds is 10. The molecule has 1 saturated heterocycles. The molecule has 4 rings (SSSR count). The van der Waals surface area contributed by atoms with E-state index in [9.17, 15) is 10.1 Å². The van der Waals surface area contributed by atoms with Crippen molar-refractivity contribution in [3.8, 4) is 11.8 Å². The zero-order chi connectivity index (χ0) is 28.6. The number of nitriles is 1. The van der Waals surface area contributed by atoms with E-state index in [2.05, 4.69) is 50.2 Å². The molecule has 9 heteroatoms. The van der Waals surface area contributed by atoms with Gasteiger partial charge in [-0.05, 0) is 88.1 Å². The number of pyridine rings is 2. The van der Waals surface area contributed by atoms with Crippen LogP contribution >= 0.6 is 11.6 Å². The topological polar surface area (TPSA) is 94.4 Å². The van der Waals surface area contributed by atoms with Gasteiger partial charge in [-0.3, -0.25) is 4.79 Å². The molecule has 3 heterocycles. The van der Waals surface area contributed by atoms with Crippen molar-refractivity contribution in [1.82, 2.24) is 20.2 Å². The fraction of sp³-hybridized carbons (Fsp3) is 0.419. The van der Waals surface area contributed by atoms with Gasteiger partial charge in [0.1, 0.15) is 22.7 Å². The van der Waals surface area contributed by atoms with Gasteiger partial charge in [-0.1, -0.05) is 17.7 Å². The first-order chi connectivity index (χ1) is 19.3. The van der Waals surface area contributed by atoms with Gasteiger partial charge in [0.25, 0.3) is 5.91 Å². The van der Waals surface area contributed by atoms with Crippen LogP contribution in [0.3, 0.4) is 0 Å². The molecule has 40 heavy (non-hydrogen) atoms. The molecule has 0 saturated carbocycles. The highest BCUT2D eigenvalue weighted by molar-refractivity contribution is 6.29. The van der Waals surface area contributed by atoms with Gasteiger partial charge >= 0.3 is 0 Å². The zero-order valence-corrected chi connectivity index (χ0v) is 24.4. The molecular weight excluding hydrogens is 524 g/mol. The summed E-state index contributed by atoms with van der Waals surface area (Å²) in [5, 5.41) is 12.8. The number of amides is 1. The second-order valence-electron chi connectivity index (χ2n) is 10.3. The second-order valence-corrected chi connectivity index (χ2v) is 10.7. The van der Waals surface area contributed by atoms with E-state index in [1.807, 2.05) is 38.1 Å². The van der Waals surface area contributed by atoms with Gasteiger partial charge in [-0.15, -0.1) is 0 Å². The van der Waals surface area contributed by atoms with Crippen molar-refractivity contribution in [2.24, 2.45) is 0 Å². The summed E-state index contributed by atoms with van der Waals surface area (Å²) in [6.07, 6.45) is 2.88. The molecule has 1 aromatic carbocycles. The van der Waals surface area contributed by atoms with Crippen LogP contribution in [0.1, 0.15) is 59.2 Å². The van der Waals surface area contributed by atoms with Gasteiger partial charge < -0.3 is 19.9 Å². The number of carbonyl (C=O) groups is 1. The molecule has 0 spiro atoms. The number of nitrogens with one attached hydrogen (secondary N) is 1. The SMILES string of the molecule is COc1ccc(N(Cc2cccc(C#N)n2)C2CCN([C@H](C)CCNC(=O)c3c(C)cc(Cl)nc3C)CC2)cc1. The third-order valence-electron chi connectivity index (χ3n) is 7.66. The van der Waals surface area contributed by atoms with Gasteiger partial charge in [0.05, 0.1) is 30.6 Å². The summed E-state index contributed by atoms with van der Waals surface area (Å²) < 4.78 is 5.36. The molecule has 1 N–H and O–H groups in total. The molecular formula is C31H37ClN6O2. The molecule has 1 amide bonds. The Morgan fingerprint density at radius 1 is 1.20 bits per heavy atom. The van der Waals surface area contributed by atoms with Crippen molar-refractivity contribution in [3.05, 3.63) is 81.9 Å². The third-order valence-corrected chi connectivity index (χ3v) is 7.86. The predicted octanol–water partition coefficient (Wildman–Crippen LogP) is 5.31. The summed E-state index contributed by atoms with van der Waals surface area (Å²) >= 11 is 6.02. The van der Waals surface area contributed by atoms with Crippen LogP contribution in [-0.4, -0.2) is 59.6 Å². The van der Waals surface area contributed by atoms with Gasteiger partial charge in [0.2, 0.25) is 0 Å². The number of methoxy groups -OCH3 is 1. The Hall–Kier alpha value is -3.67. The molecule has 0 unspecified atom stereocenters. The van der Waals surface area contributed by atoms with Gasteiger partial charge in [0.15, 0.2) is 0 Å². The molecule has 3 aromatic rings. The molecule has 210 valence electrons. The molecule has 0 bridgehead atoms. The van der Waals surface area contributed by atoms with Crippen molar-refractivity contribution >= 4 is 23.2 Å². The lowest BCUT2D eigenvalue weighted by Crippen LogP contribution is -2.48. The van der Waals surface area contributed by atoms with Gasteiger partial charge in [-0.25, -0.2) is 9.97 Å². The number of aryl methyl sites for hydroxylation is 2. The number of carbonyl (C=O) groups excluding carboxylic acids is 1. The highest BCUT2D eigenvalue weighted by Crippen LogP contribution is 2.28. The Morgan fingerprint density at radius 3 is 2.58 bits per heavy atom. The summed E-state index contributed by atoms with van der Waals surface area (Å²) in [6, 6.07) is 18.3. The van der Waals surface area contributed by atoms with Crippen LogP contribution in [0.4, 0.5) is 5.69 Å². The zero-order valence-electron chi connectivity index (χ0n) is 23.7. The Bertz CT molecular complexity index is 1330. The minimum atomic E-state index is -0.103. The van der Waals surface area contributed by atoms with Crippen LogP contribution in [-0.2, 0) is 6.54 Å². The predicted molar refractivity (Wildman–Crippen MR) is 158 cm³/mol. The monoisotopic (exact) mass is 560 g/mol. The number of nitrogens with zero attached hydrogens (tertiary/aromatic N) is 5. The first-order valence-electron chi connectivity index (χ1n) is 13.7. The number of anilines is 1. The van der Waals surface area contributed by atoms with E-state index >= 15 is 0 Å². The Morgan fingerprint density at radius 2 is 1.93 bits per heavy atom. The highest BCUT2D eigenvalue weighted by atomic mass is 35.5. The van der Waals surface area contributed by atoms with Crippen molar-refractivity contribution in [2.75, 3.05) is 31.6 Å². The van der Waals surface area contributed by atoms with Crippen LogP contribution in [0.2, 0.25) is 5.15 Å². The molecule has 0 aliphatic carbocycles. The summed E-state index contributed by atoms with van der Waals surface area (Å²) in [6.45, 7) is 9.09. The number of hydrogen-bond donors (Lipinski definition) is 1. The number of piperidine rings is 1. The number of ether oxygens (including phenoxy) is 1. The maximum Gasteiger partial charge on any atom is 0.253 e. The summed E-state index contributed by atoms with van der Waals surface area (Å²) in [7, 11) is 1.67. The fourth-order valence-electron chi connectivity index (χ4n) is 5.44. The number of benzene rings is 1. The standard InChI is InChI=1S/C31H37ClN6O2/c1-21-18-29(32)35-23(3)30(21)31(39)34-15-12-22(2)37-16-13-27(14-17-37)38(26-8-10-28(40-4)11-9-26)20-25-7-5-6-24(19-33)36-25/h5-11,18,22,27H,12-17,20H2,1-4H3,(H,34,39)/t22-/m1/s1. The lowest BCUT2D eigenvalue weighted by molar-refractivity contribution is 0.0943. The van der Waals surface area contributed by atoms with Crippen molar-refractivity contribution < 1.29 is 9.53 Å². The molecule has 8 nitrogen and oxygen atoms in total. The van der Waals surface area contributed by atoms with E-state index in [4.69, 9.17) is 16.3 Å². The normalized spacial score (nSPS) is 14.8. The van der Waals surface area contributed by atoms with E-state index in [1.165, 1.54) is 0 Å². The average Bonchev–Trinajstić information content (AvgIpc) is 2.95. The molecule has 1 atom stereocenters. The largest absolute Gasteiger partial charge is 0.497 e. The van der Waals surface area contributed by atoms with E-state index < -0.39 is 0 Å². The van der Waals surface area contributed by atoms with Crippen molar-refractivity contribution in [3.63, 3.8) is 0 Å². The fourth-order valence-corrected chi connectivity index (χ4v) is 5.73. The average molecular weight is 561 g/mol. The number of likely N-dealkylation sites (tertiary alicyclic amines) is 1. The van der Waals surface area contributed by atoms with Gasteiger partial charge in [-0.2, -0.15) is 5.26 Å². The Labute approximate surface area is 241 Å². The van der Waals surface area contributed by atoms with Gasteiger partial charge in [0, 0.05) is 37.4 Å². The van der Waals surface area contributed by atoms with Crippen LogP contribution < -0.4 is 15.0 Å². The van der Waals surface area contributed by atoms with E-state index in [0.717, 1.165) is 55.0 Å². The van der Waals surface area contributed by atoms with Crippen LogP contribution in [0.15, 0.2) is 48.5 Å². The van der Waals surface area contributed by atoms with E-state index in [1.54, 1.807) is 19.2 Å². The minimum Gasteiger partial charge on any atom is -0.497 e. The Kier molecular flexibility index (Phi) is 9.97. The van der Waals surface area contributed by atoms with Crippen molar-refractivity contribution in [2.45, 2.75) is 58.7 Å². The second kappa shape index (κ2) is 13.6. The maximum atomic E-state index is 12.8. The minimum absolute atomic E-state index is 0.103. The Balaban J connectivity index is 1.35. The smallest absolute Gasteiger partial charge is 0.253 e. The quantitative estimate of drug-likeness (QED) is 0.336. The maximum absolute atomic E-state index is 12.8. The van der Waals surface area contributed by atoms with E-state index in [-0.39, 0.29) is 5.91 Å². The number of hydrogen-bond acceptors (Lipinski definition) is 7. The lowest BCUT2D eigenvalue weighted by atomic mass is 9.99. The van der Waals surface area contributed by atoms with Crippen molar-refractivity contribution in [1.29, 1.82) is 5.26 Å².